The van der Waals surface area contributed by atoms with Crippen molar-refractivity contribution in [2.45, 2.75) is 97.5 Å². The zero-order valence-electron chi connectivity index (χ0n) is 31.3. The van der Waals surface area contributed by atoms with Crippen LogP contribution in [0.3, 0.4) is 0 Å². The normalized spacial score (nSPS) is 16.2. The fourth-order valence-electron chi connectivity index (χ4n) is 5.29. The lowest BCUT2D eigenvalue weighted by atomic mass is 9.96. The summed E-state index contributed by atoms with van der Waals surface area (Å²) in [5.74, 6) is 0.861. The molecule has 272 valence electrons. The molecule has 1 saturated heterocycles. The summed E-state index contributed by atoms with van der Waals surface area (Å²) in [5.41, 5.74) is 3.97. The Bertz CT molecular complexity index is 1570. The molecule has 0 aromatic heterocycles. The van der Waals surface area contributed by atoms with E-state index in [-0.39, 0.29) is 18.0 Å². The van der Waals surface area contributed by atoms with Crippen LogP contribution >= 0.6 is 0 Å². The summed E-state index contributed by atoms with van der Waals surface area (Å²) in [6, 6.07) is 29.7. The van der Waals surface area contributed by atoms with Gasteiger partial charge in [-0.05, 0) is 49.8 Å². The van der Waals surface area contributed by atoms with Gasteiger partial charge in [-0.3, -0.25) is 4.79 Å². The number of hydrogen-bond acceptors (Lipinski definition) is 5. The molecule has 1 saturated carbocycles. The average molecular weight is 702 g/mol. The maximum Gasteiger partial charge on any atom is 0.240 e. The summed E-state index contributed by atoms with van der Waals surface area (Å²) < 4.78 is 32.0. The van der Waals surface area contributed by atoms with Gasteiger partial charge in [0.1, 0.15) is 5.76 Å². The minimum atomic E-state index is -3.31. The number of nitrogens with one attached hydrogen (secondary N) is 1. The Hall–Kier alpha value is -4.06. The van der Waals surface area contributed by atoms with Gasteiger partial charge in [0.2, 0.25) is 15.9 Å². The van der Waals surface area contributed by atoms with E-state index in [2.05, 4.69) is 76.2 Å². The molecule has 3 aromatic carbocycles. The van der Waals surface area contributed by atoms with Crippen LogP contribution in [-0.2, 0) is 19.6 Å². The highest BCUT2D eigenvalue weighted by Gasteiger charge is 2.27. The molecule has 1 unspecified atom stereocenters. The predicted molar refractivity (Wildman–Crippen MR) is 208 cm³/mol. The Balaban J connectivity index is 0.000000247. The smallest absolute Gasteiger partial charge is 0.240 e. The van der Waals surface area contributed by atoms with Crippen LogP contribution in [0.1, 0.15) is 96.4 Å². The van der Waals surface area contributed by atoms with Gasteiger partial charge in [-0.1, -0.05) is 138 Å². The van der Waals surface area contributed by atoms with Crippen LogP contribution in [0.15, 0.2) is 96.4 Å². The van der Waals surface area contributed by atoms with Crippen molar-refractivity contribution in [3.63, 3.8) is 0 Å². The molecule has 2 aliphatic rings. The average Bonchev–Trinajstić information content (AvgIpc) is 3.09. The number of ether oxygens (including phenoxy) is 1. The third-order valence-corrected chi connectivity index (χ3v) is 9.38. The summed E-state index contributed by atoms with van der Waals surface area (Å²) in [5, 5.41) is 0. The van der Waals surface area contributed by atoms with Gasteiger partial charge in [0.15, 0.2) is 0 Å². The first kappa shape index (κ1) is 42.1. The van der Waals surface area contributed by atoms with Crippen molar-refractivity contribution in [2.75, 3.05) is 26.2 Å². The van der Waals surface area contributed by atoms with Gasteiger partial charge < -0.3 is 14.5 Å². The maximum absolute atomic E-state index is 12.0. The largest absolute Gasteiger partial charge is 0.494 e. The molecule has 1 amide bonds. The van der Waals surface area contributed by atoms with E-state index in [0.29, 0.717) is 30.0 Å². The van der Waals surface area contributed by atoms with Crippen LogP contribution in [0, 0.1) is 24.8 Å². The van der Waals surface area contributed by atoms with Crippen LogP contribution in [0.2, 0.25) is 0 Å². The molecule has 5 rings (SSSR count). The third kappa shape index (κ3) is 16.1. The Labute approximate surface area is 303 Å². The number of terminal acetylenes is 1. The fourth-order valence-corrected chi connectivity index (χ4v) is 6.61. The quantitative estimate of drug-likeness (QED) is 0.197. The highest BCUT2D eigenvalue weighted by atomic mass is 32.2. The second kappa shape index (κ2) is 21.2. The second-order valence-corrected chi connectivity index (χ2v) is 15.9. The zero-order chi connectivity index (χ0) is 37.2. The third-order valence-electron chi connectivity index (χ3n) is 7.85. The Kier molecular flexibility index (Phi) is 17.9. The molecule has 3 aromatic rings. The number of rotatable bonds is 7. The highest BCUT2D eigenvalue weighted by molar-refractivity contribution is 7.89. The Morgan fingerprint density at radius 1 is 0.920 bits per heavy atom. The first-order valence-electron chi connectivity index (χ1n) is 17.6. The summed E-state index contributed by atoms with van der Waals surface area (Å²) in [7, 11) is -3.31. The van der Waals surface area contributed by atoms with E-state index in [1.807, 2.05) is 53.1 Å². The van der Waals surface area contributed by atoms with Gasteiger partial charge in [0.05, 0.1) is 17.5 Å². The van der Waals surface area contributed by atoms with Crippen molar-refractivity contribution in [1.29, 1.82) is 0 Å². The van der Waals surface area contributed by atoms with Gasteiger partial charge in [0.25, 0.3) is 0 Å². The van der Waals surface area contributed by atoms with Crippen LogP contribution in [-0.4, -0.2) is 56.4 Å². The van der Waals surface area contributed by atoms with E-state index in [9.17, 15) is 13.2 Å². The lowest BCUT2D eigenvalue weighted by molar-refractivity contribution is -0.131. The molecule has 0 bridgehead atoms. The van der Waals surface area contributed by atoms with Crippen LogP contribution in [0.4, 0.5) is 0 Å². The van der Waals surface area contributed by atoms with Crippen molar-refractivity contribution in [2.24, 2.45) is 5.41 Å². The molecule has 1 aliphatic heterocycles. The van der Waals surface area contributed by atoms with Crippen molar-refractivity contribution < 1.29 is 17.9 Å². The SMILES string of the molecule is C#CN1CCN(C(C)=O)CC1c1ccccc1.C=C(OCC)c1ccc(C)cc1.CC(C)(C)C.O=S(=O)(NC1CCCCC1)c1ccccc1. The molecule has 7 nitrogen and oxygen atoms in total. The lowest BCUT2D eigenvalue weighted by Crippen LogP contribution is -2.48. The molecule has 1 aliphatic carbocycles. The van der Waals surface area contributed by atoms with Crippen molar-refractivity contribution >= 4 is 21.7 Å². The molecule has 50 heavy (non-hydrogen) atoms. The molecule has 0 radical (unpaired) electrons. The number of nitrogens with zero attached hydrogens (tertiary/aromatic N) is 2. The summed E-state index contributed by atoms with van der Waals surface area (Å²) in [6.07, 6.45) is 10.9. The maximum atomic E-state index is 12.0. The number of piperazine rings is 1. The van der Waals surface area contributed by atoms with Gasteiger partial charge in [-0.15, -0.1) is 0 Å². The lowest BCUT2D eigenvalue weighted by Gasteiger charge is -2.39. The number of aryl methyl sites for hydroxylation is 1. The van der Waals surface area contributed by atoms with E-state index in [1.165, 1.54) is 12.0 Å². The number of benzene rings is 3. The summed E-state index contributed by atoms with van der Waals surface area (Å²) >= 11 is 0. The van der Waals surface area contributed by atoms with E-state index < -0.39 is 10.0 Å². The molecule has 1 N–H and O–H groups in total. The van der Waals surface area contributed by atoms with Crippen LogP contribution in [0.25, 0.3) is 5.76 Å². The standard InChI is InChI=1S/C14H16N2O.C12H17NO2S.C11H14O.C5H12/c1-3-15-9-10-16(12(2)17)11-14(15)13-7-5-4-6-8-13;14-16(15,12-9-5-2-6-10-12)13-11-7-3-1-4-8-11;1-4-12-10(3)11-7-5-9(2)6-8-11;1-5(2,3)4/h1,4-8,14H,9-11H2,2H3;2,5-6,9-11,13H,1,3-4,7-8H2;5-8H,3-4H2,1-2H3;1-4H3. The van der Waals surface area contributed by atoms with Gasteiger partial charge in [-0.2, -0.15) is 0 Å². The minimum Gasteiger partial charge on any atom is -0.494 e. The van der Waals surface area contributed by atoms with E-state index in [4.69, 9.17) is 11.2 Å². The summed E-state index contributed by atoms with van der Waals surface area (Å²) in [4.78, 5) is 15.6. The monoisotopic (exact) mass is 701 g/mol. The number of carbonyl (C=O) groups excluding carboxylic acids is 1. The van der Waals surface area contributed by atoms with Crippen LogP contribution < -0.4 is 4.72 Å². The molecule has 8 heteroatoms. The first-order chi connectivity index (χ1) is 23.6. The van der Waals surface area contributed by atoms with Gasteiger partial charge >= 0.3 is 0 Å². The topological polar surface area (TPSA) is 79.0 Å². The number of carbonyl (C=O) groups is 1. The zero-order valence-corrected chi connectivity index (χ0v) is 32.1. The van der Waals surface area contributed by atoms with Gasteiger partial charge in [0, 0.05) is 44.2 Å². The van der Waals surface area contributed by atoms with Crippen molar-refractivity contribution in [3.05, 3.63) is 108 Å². The van der Waals surface area contributed by atoms with Crippen molar-refractivity contribution in [3.8, 4) is 12.5 Å². The Morgan fingerprint density at radius 2 is 1.46 bits per heavy atom. The fraction of sp³-hybridized carbons (Fsp3) is 0.452. The number of sulfonamides is 1. The van der Waals surface area contributed by atoms with Crippen molar-refractivity contribution in [1.82, 2.24) is 14.5 Å². The van der Waals surface area contributed by atoms with Gasteiger partial charge in [-0.25, -0.2) is 13.1 Å². The molecular weight excluding hydrogens is 643 g/mol. The molecule has 0 spiro atoms. The second-order valence-electron chi connectivity index (χ2n) is 14.2. The number of hydrogen-bond donors (Lipinski definition) is 1. The van der Waals surface area contributed by atoms with E-state index in [0.717, 1.165) is 49.1 Å². The molecule has 1 atom stereocenters. The molecule has 1 heterocycles. The van der Waals surface area contributed by atoms with Crippen LogP contribution in [0.5, 0.6) is 0 Å². The minimum absolute atomic E-state index is 0.110. The highest BCUT2D eigenvalue weighted by Crippen LogP contribution is 2.24. The number of amides is 1. The Morgan fingerprint density at radius 3 is 1.96 bits per heavy atom. The van der Waals surface area contributed by atoms with E-state index >= 15 is 0 Å². The first-order valence-corrected chi connectivity index (χ1v) is 19.1. The molecular formula is C42H59N3O4S. The predicted octanol–water partition coefficient (Wildman–Crippen LogP) is 8.83. The summed E-state index contributed by atoms with van der Waals surface area (Å²) in [6.45, 7) is 21.0. The van der Waals surface area contributed by atoms with E-state index in [1.54, 1.807) is 31.2 Å². The molecule has 2 fully saturated rings.